The van der Waals surface area contributed by atoms with Crippen LogP contribution in [0.15, 0.2) is 16.6 Å². The molecule has 1 aliphatic rings. The number of likely N-dealkylation sites (tertiary alicyclic amines) is 1. The Labute approximate surface area is 114 Å². The van der Waals surface area contributed by atoms with E-state index in [2.05, 4.69) is 15.9 Å². The van der Waals surface area contributed by atoms with Crippen molar-refractivity contribution < 1.29 is 8.78 Å². The van der Waals surface area contributed by atoms with Gasteiger partial charge in [-0.25, -0.2) is 8.78 Å². The first-order chi connectivity index (χ1) is 7.58. The lowest BCUT2D eigenvalue weighted by molar-refractivity contribution is 0.314. The van der Waals surface area contributed by atoms with Gasteiger partial charge in [0.15, 0.2) is 0 Å². The van der Waals surface area contributed by atoms with Crippen LogP contribution in [0.5, 0.6) is 0 Å². The maximum absolute atomic E-state index is 13.7. The summed E-state index contributed by atoms with van der Waals surface area (Å²) in [6, 6.07) is 2.78. The molecule has 0 saturated carbocycles. The summed E-state index contributed by atoms with van der Waals surface area (Å²) in [5.74, 6) is -1.01. The van der Waals surface area contributed by atoms with Crippen molar-refractivity contribution in [2.75, 3.05) is 13.1 Å². The van der Waals surface area contributed by atoms with Gasteiger partial charge in [0.1, 0.15) is 11.6 Å². The molecule has 1 atom stereocenters. The van der Waals surface area contributed by atoms with Crippen LogP contribution < -0.4 is 5.73 Å². The summed E-state index contributed by atoms with van der Waals surface area (Å²) in [4.78, 5) is 1.97. The predicted octanol–water partition coefficient (Wildman–Crippen LogP) is 2.68. The van der Waals surface area contributed by atoms with Crippen molar-refractivity contribution in [3.63, 3.8) is 0 Å². The molecule has 96 valence electrons. The third-order valence-corrected chi connectivity index (χ3v) is 3.44. The Hall–Kier alpha value is -0.230. The summed E-state index contributed by atoms with van der Waals surface area (Å²) in [6.45, 7) is 1.78. The van der Waals surface area contributed by atoms with Crippen molar-refractivity contribution in [2.24, 2.45) is 5.73 Å². The number of hydrogen-bond donors (Lipinski definition) is 1. The molecule has 0 amide bonds. The van der Waals surface area contributed by atoms with E-state index in [1.165, 1.54) is 12.1 Å². The molecule has 1 aromatic carbocycles. The molecule has 0 aromatic heterocycles. The molecule has 2 N–H and O–H groups in total. The molecule has 0 aliphatic carbocycles. The Morgan fingerprint density at radius 1 is 1.41 bits per heavy atom. The second kappa shape index (κ2) is 6.09. The van der Waals surface area contributed by atoms with Crippen LogP contribution in [0, 0.1) is 11.6 Å². The lowest BCUT2D eigenvalue weighted by Gasteiger charge is -2.16. The summed E-state index contributed by atoms with van der Waals surface area (Å²) < 4.78 is 27.4. The molecule has 0 bridgehead atoms. The van der Waals surface area contributed by atoms with E-state index in [-0.39, 0.29) is 30.6 Å². The number of halogens is 4. The van der Waals surface area contributed by atoms with E-state index < -0.39 is 11.6 Å². The van der Waals surface area contributed by atoms with Crippen molar-refractivity contribution in [1.82, 2.24) is 4.90 Å². The third kappa shape index (κ3) is 3.37. The first-order valence-corrected chi connectivity index (χ1v) is 5.97. The highest BCUT2D eigenvalue weighted by molar-refractivity contribution is 9.10. The molecular weight excluding hydrogens is 313 g/mol. The van der Waals surface area contributed by atoms with Crippen LogP contribution in [0.4, 0.5) is 8.78 Å². The Balaban J connectivity index is 0.00000144. The predicted molar refractivity (Wildman–Crippen MR) is 69.2 cm³/mol. The highest BCUT2D eigenvalue weighted by Gasteiger charge is 2.22. The van der Waals surface area contributed by atoms with E-state index in [9.17, 15) is 8.78 Å². The average Bonchev–Trinajstić information content (AvgIpc) is 2.65. The normalized spacial score (nSPS) is 20.4. The Morgan fingerprint density at radius 3 is 2.71 bits per heavy atom. The minimum absolute atomic E-state index is 0. The first-order valence-electron chi connectivity index (χ1n) is 5.18. The zero-order valence-corrected chi connectivity index (χ0v) is 11.5. The third-order valence-electron chi connectivity index (χ3n) is 2.83. The van der Waals surface area contributed by atoms with Gasteiger partial charge in [-0.3, -0.25) is 4.90 Å². The fourth-order valence-electron chi connectivity index (χ4n) is 1.94. The molecule has 0 unspecified atom stereocenters. The van der Waals surface area contributed by atoms with Gasteiger partial charge in [-0.05, 0) is 34.5 Å². The molecule has 0 radical (unpaired) electrons. The van der Waals surface area contributed by atoms with Crippen molar-refractivity contribution in [3.05, 3.63) is 33.8 Å². The van der Waals surface area contributed by atoms with Crippen LogP contribution in [-0.2, 0) is 6.54 Å². The summed E-state index contributed by atoms with van der Waals surface area (Å²) in [6.07, 6.45) is 0.886. The van der Waals surface area contributed by atoms with Gasteiger partial charge >= 0.3 is 0 Å². The Kier molecular flexibility index (Phi) is 5.31. The molecule has 1 aliphatic heterocycles. The number of hydrogen-bond acceptors (Lipinski definition) is 2. The molecule has 2 rings (SSSR count). The van der Waals surface area contributed by atoms with Gasteiger partial charge in [0.2, 0.25) is 0 Å². The molecule has 1 heterocycles. The molecule has 1 saturated heterocycles. The van der Waals surface area contributed by atoms with Crippen molar-refractivity contribution in [2.45, 2.75) is 19.0 Å². The lowest BCUT2D eigenvalue weighted by atomic mass is 10.2. The molecule has 6 heteroatoms. The molecule has 1 aromatic rings. The Bertz CT molecular complexity index is 403. The van der Waals surface area contributed by atoms with E-state index in [1.807, 2.05) is 4.90 Å². The van der Waals surface area contributed by atoms with Gasteiger partial charge in [-0.2, -0.15) is 0 Å². The monoisotopic (exact) mass is 326 g/mol. The second-order valence-electron chi connectivity index (χ2n) is 4.11. The van der Waals surface area contributed by atoms with Crippen LogP contribution in [0.3, 0.4) is 0 Å². The van der Waals surface area contributed by atoms with E-state index in [0.717, 1.165) is 13.0 Å². The summed E-state index contributed by atoms with van der Waals surface area (Å²) in [7, 11) is 0. The quantitative estimate of drug-likeness (QED) is 0.846. The lowest BCUT2D eigenvalue weighted by Crippen LogP contribution is -2.27. The standard InChI is InChI=1S/C11H13BrF2N2.ClH/c12-9-1-2-10(13)8(11(9)14)6-16-4-3-7(15)5-16;/h1-2,7H,3-6,15H2;1H/t7-;/m0./s1. The van der Waals surface area contributed by atoms with Crippen LogP contribution in [0.2, 0.25) is 0 Å². The molecular formula is C11H14BrClF2N2. The van der Waals surface area contributed by atoms with Crippen LogP contribution in [0.25, 0.3) is 0 Å². The smallest absolute Gasteiger partial charge is 0.144 e. The van der Waals surface area contributed by atoms with Gasteiger partial charge in [-0.1, -0.05) is 0 Å². The minimum Gasteiger partial charge on any atom is -0.326 e. The van der Waals surface area contributed by atoms with E-state index in [1.54, 1.807) is 0 Å². The fraction of sp³-hybridized carbons (Fsp3) is 0.455. The van der Waals surface area contributed by atoms with Crippen molar-refractivity contribution >= 4 is 28.3 Å². The Morgan fingerprint density at radius 2 is 2.12 bits per heavy atom. The zero-order chi connectivity index (χ0) is 11.7. The average molecular weight is 328 g/mol. The zero-order valence-electron chi connectivity index (χ0n) is 9.13. The molecule has 2 nitrogen and oxygen atoms in total. The fourth-order valence-corrected chi connectivity index (χ4v) is 2.32. The number of rotatable bonds is 2. The van der Waals surface area contributed by atoms with Gasteiger partial charge in [-0.15, -0.1) is 12.4 Å². The minimum atomic E-state index is -0.513. The maximum Gasteiger partial charge on any atom is 0.144 e. The van der Waals surface area contributed by atoms with Gasteiger partial charge in [0.25, 0.3) is 0 Å². The van der Waals surface area contributed by atoms with Crippen LogP contribution in [0.1, 0.15) is 12.0 Å². The van der Waals surface area contributed by atoms with Crippen molar-refractivity contribution in [1.29, 1.82) is 0 Å². The number of nitrogens with zero attached hydrogens (tertiary/aromatic N) is 1. The second-order valence-corrected chi connectivity index (χ2v) is 4.96. The van der Waals surface area contributed by atoms with E-state index in [0.29, 0.717) is 11.0 Å². The van der Waals surface area contributed by atoms with Gasteiger partial charge in [0, 0.05) is 31.2 Å². The summed E-state index contributed by atoms with van der Waals surface area (Å²) >= 11 is 3.06. The number of benzene rings is 1. The maximum atomic E-state index is 13.7. The molecule has 17 heavy (non-hydrogen) atoms. The summed E-state index contributed by atoms with van der Waals surface area (Å²) in [5, 5.41) is 0. The van der Waals surface area contributed by atoms with Gasteiger partial charge in [0.05, 0.1) is 4.47 Å². The molecule has 1 fully saturated rings. The SMILES string of the molecule is Cl.N[C@H]1CCN(Cc2c(F)ccc(Br)c2F)C1. The van der Waals surface area contributed by atoms with Crippen LogP contribution >= 0.6 is 28.3 Å². The first kappa shape index (κ1) is 14.8. The van der Waals surface area contributed by atoms with Crippen LogP contribution in [-0.4, -0.2) is 24.0 Å². The molecule has 0 spiro atoms. The van der Waals surface area contributed by atoms with E-state index in [4.69, 9.17) is 5.73 Å². The number of nitrogens with two attached hydrogens (primary N) is 1. The van der Waals surface area contributed by atoms with E-state index >= 15 is 0 Å². The topological polar surface area (TPSA) is 29.3 Å². The summed E-state index contributed by atoms with van der Waals surface area (Å²) in [5.41, 5.74) is 5.86. The largest absolute Gasteiger partial charge is 0.326 e. The highest BCUT2D eigenvalue weighted by Crippen LogP contribution is 2.23. The van der Waals surface area contributed by atoms with Crippen molar-refractivity contribution in [3.8, 4) is 0 Å². The van der Waals surface area contributed by atoms with Gasteiger partial charge < -0.3 is 5.73 Å². The highest BCUT2D eigenvalue weighted by atomic mass is 79.9.